The first kappa shape index (κ1) is 23.2. The number of unbranched alkanes of at least 4 members (excludes halogenated alkanes) is 1. The summed E-state index contributed by atoms with van der Waals surface area (Å²) < 4.78 is 0. The summed E-state index contributed by atoms with van der Waals surface area (Å²) in [6.07, 6.45) is 2.67. The number of hydrogen-bond acceptors (Lipinski definition) is 2. The van der Waals surface area contributed by atoms with Gasteiger partial charge < -0.3 is 10.2 Å². The quantitative estimate of drug-likeness (QED) is 0.518. The monoisotopic (exact) mass is 434 g/mol. The molecule has 0 heterocycles. The molecule has 2 aromatic rings. The highest BCUT2D eigenvalue weighted by molar-refractivity contribution is 6.42. The molecule has 6 heteroatoms. The highest BCUT2D eigenvalue weighted by Gasteiger charge is 2.28. The van der Waals surface area contributed by atoms with Gasteiger partial charge in [-0.25, -0.2) is 0 Å². The van der Waals surface area contributed by atoms with Crippen molar-refractivity contribution in [3.63, 3.8) is 0 Å². The summed E-state index contributed by atoms with van der Waals surface area (Å²) in [4.78, 5) is 27.6. The van der Waals surface area contributed by atoms with E-state index in [0.29, 0.717) is 29.6 Å². The van der Waals surface area contributed by atoms with Crippen LogP contribution in [0.25, 0.3) is 0 Å². The van der Waals surface area contributed by atoms with Gasteiger partial charge in [-0.3, -0.25) is 9.59 Å². The number of rotatable bonds is 10. The van der Waals surface area contributed by atoms with E-state index in [2.05, 4.69) is 12.2 Å². The van der Waals surface area contributed by atoms with E-state index < -0.39 is 6.04 Å². The van der Waals surface area contributed by atoms with Crippen LogP contribution in [0.3, 0.4) is 0 Å². The second-order valence-corrected chi connectivity index (χ2v) is 7.82. The van der Waals surface area contributed by atoms with Crippen molar-refractivity contribution in [2.75, 3.05) is 6.54 Å². The zero-order valence-electron chi connectivity index (χ0n) is 17.0. The normalized spacial score (nSPS) is 11.7. The molecule has 0 spiro atoms. The van der Waals surface area contributed by atoms with Gasteiger partial charge in [-0.15, -0.1) is 0 Å². The van der Waals surface area contributed by atoms with Crippen molar-refractivity contribution in [1.29, 1.82) is 0 Å². The molecule has 0 aromatic heterocycles. The highest BCUT2D eigenvalue weighted by atomic mass is 35.5. The third-order valence-corrected chi connectivity index (χ3v) is 5.49. The molecule has 0 saturated heterocycles. The van der Waals surface area contributed by atoms with Gasteiger partial charge in [0.1, 0.15) is 6.04 Å². The molecule has 0 radical (unpaired) electrons. The number of nitrogens with one attached hydrogen (secondary N) is 1. The van der Waals surface area contributed by atoms with E-state index in [1.54, 1.807) is 17.0 Å². The first-order chi connectivity index (χ1) is 14.0. The number of halogens is 2. The molecule has 29 heavy (non-hydrogen) atoms. The fourth-order valence-corrected chi connectivity index (χ4v) is 3.45. The molecule has 0 fully saturated rings. The minimum absolute atomic E-state index is 0.0974. The standard InChI is InChI=1S/C23H28Cl2N2O2/c1-3-5-13-26-23(29)21(4-2)27(16-18-11-12-19(24)20(25)14-18)22(28)15-17-9-7-6-8-10-17/h6-12,14,21H,3-5,13,15-16H2,1-2H3,(H,26,29)/t21-/m0/s1. The third kappa shape index (κ3) is 7.06. The number of carbonyl (C=O) groups excluding carboxylic acids is 2. The molecule has 1 N–H and O–H groups in total. The maximum absolute atomic E-state index is 13.2. The van der Waals surface area contributed by atoms with Gasteiger partial charge in [0.15, 0.2) is 0 Å². The van der Waals surface area contributed by atoms with Crippen LogP contribution in [-0.2, 0) is 22.6 Å². The Kier molecular flexibility index (Phi) is 9.49. The van der Waals surface area contributed by atoms with E-state index in [1.807, 2.05) is 43.3 Å². The van der Waals surface area contributed by atoms with Gasteiger partial charge in [-0.1, -0.05) is 79.9 Å². The van der Waals surface area contributed by atoms with Crippen LogP contribution in [0, 0.1) is 0 Å². The SMILES string of the molecule is CCCCNC(=O)[C@H](CC)N(Cc1ccc(Cl)c(Cl)c1)C(=O)Cc1ccccc1. The molecule has 156 valence electrons. The molecule has 0 aliphatic heterocycles. The number of benzene rings is 2. The van der Waals surface area contributed by atoms with Crippen LogP contribution in [0.1, 0.15) is 44.2 Å². The zero-order chi connectivity index (χ0) is 21.2. The zero-order valence-corrected chi connectivity index (χ0v) is 18.5. The van der Waals surface area contributed by atoms with Crippen molar-refractivity contribution in [1.82, 2.24) is 10.2 Å². The van der Waals surface area contributed by atoms with Crippen LogP contribution in [0.5, 0.6) is 0 Å². The number of amides is 2. The van der Waals surface area contributed by atoms with Crippen LogP contribution < -0.4 is 5.32 Å². The van der Waals surface area contributed by atoms with Crippen LogP contribution >= 0.6 is 23.2 Å². The third-order valence-electron chi connectivity index (χ3n) is 4.75. The van der Waals surface area contributed by atoms with Crippen molar-refractivity contribution in [3.05, 3.63) is 69.7 Å². The Morgan fingerprint density at radius 3 is 2.34 bits per heavy atom. The minimum Gasteiger partial charge on any atom is -0.354 e. The molecule has 0 unspecified atom stereocenters. The molecule has 0 bridgehead atoms. The Morgan fingerprint density at radius 2 is 1.72 bits per heavy atom. The maximum atomic E-state index is 13.2. The smallest absolute Gasteiger partial charge is 0.242 e. The summed E-state index contributed by atoms with van der Waals surface area (Å²) in [6, 6.07) is 14.3. The van der Waals surface area contributed by atoms with E-state index in [-0.39, 0.29) is 18.2 Å². The fraction of sp³-hybridized carbons (Fsp3) is 0.391. The average Bonchev–Trinajstić information content (AvgIpc) is 2.71. The molecule has 2 amide bonds. The Morgan fingerprint density at radius 1 is 1.00 bits per heavy atom. The maximum Gasteiger partial charge on any atom is 0.242 e. The lowest BCUT2D eigenvalue weighted by Gasteiger charge is -2.31. The lowest BCUT2D eigenvalue weighted by Crippen LogP contribution is -2.49. The minimum atomic E-state index is -0.544. The Balaban J connectivity index is 2.25. The summed E-state index contributed by atoms with van der Waals surface area (Å²) in [7, 11) is 0. The van der Waals surface area contributed by atoms with Crippen LogP contribution in [0.15, 0.2) is 48.5 Å². The molecule has 2 rings (SSSR count). The lowest BCUT2D eigenvalue weighted by molar-refractivity contribution is -0.140. The summed E-state index contributed by atoms with van der Waals surface area (Å²) >= 11 is 12.2. The van der Waals surface area contributed by atoms with Crippen LogP contribution in [0.2, 0.25) is 10.0 Å². The molecule has 4 nitrogen and oxygen atoms in total. The van der Waals surface area contributed by atoms with Crippen LogP contribution in [0.4, 0.5) is 0 Å². The molecule has 0 saturated carbocycles. The predicted molar refractivity (Wildman–Crippen MR) is 119 cm³/mol. The molecule has 1 atom stereocenters. The van der Waals surface area contributed by atoms with Crippen molar-refractivity contribution < 1.29 is 9.59 Å². The van der Waals surface area contributed by atoms with Gasteiger partial charge in [0.25, 0.3) is 0 Å². The van der Waals surface area contributed by atoms with Crippen molar-refractivity contribution in [2.24, 2.45) is 0 Å². The van der Waals surface area contributed by atoms with E-state index >= 15 is 0 Å². The van der Waals surface area contributed by atoms with Gasteiger partial charge in [-0.2, -0.15) is 0 Å². The van der Waals surface area contributed by atoms with Crippen molar-refractivity contribution >= 4 is 35.0 Å². The van der Waals surface area contributed by atoms with Gasteiger partial charge in [-0.05, 0) is 36.1 Å². The van der Waals surface area contributed by atoms with Gasteiger partial charge in [0.2, 0.25) is 11.8 Å². The van der Waals surface area contributed by atoms with Crippen molar-refractivity contribution in [2.45, 2.75) is 52.1 Å². The number of hydrogen-bond donors (Lipinski definition) is 1. The average molecular weight is 435 g/mol. The Bertz CT molecular complexity index is 812. The van der Waals surface area contributed by atoms with Crippen molar-refractivity contribution in [3.8, 4) is 0 Å². The van der Waals surface area contributed by atoms with E-state index in [9.17, 15) is 9.59 Å². The topological polar surface area (TPSA) is 49.4 Å². The summed E-state index contributed by atoms with van der Waals surface area (Å²) in [5.41, 5.74) is 1.75. The Labute approximate surface area is 183 Å². The van der Waals surface area contributed by atoms with E-state index in [4.69, 9.17) is 23.2 Å². The summed E-state index contributed by atoms with van der Waals surface area (Å²) in [5, 5.41) is 3.85. The second-order valence-electron chi connectivity index (χ2n) is 7.00. The molecular formula is C23H28Cl2N2O2. The Hall–Kier alpha value is -2.04. The van der Waals surface area contributed by atoms with Gasteiger partial charge in [0.05, 0.1) is 16.5 Å². The molecule has 2 aromatic carbocycles. The molecular weight excluding hydrogens is 407 g/mol. The second kappa shape index (κ2) is 11.8. The molecule has 0 aliphatic carbocycles. The molecule has 0 aliphatic rings. The van der Waals surface area contributed by atoms with E-state index in [1.165, 1.54) is 0 Å². The number of carbonyl (C=O) groups is 2. The summed E-state index contributed by atoms with van der Waals surface area (Å²) in [5.74, 6) is -0.220. The highest BCUT2D eigenvalue weighted by Crippen LogP contribution is 2.24. The van der Waals surface area contributed by atoms with E-state index in [0.717, 1.165) is 24.0 Å². The lowest BCUT2D eigenvalue weighted by atomic mass is 10.1. The van der Waals surface area contributed by atoms with Gasteiger partial charge >= 0.3 is 0 Å². The first-order valence-electron chi connectivity index (χ1n) is 10.0. The van der Waals surface area contributed by atoms with Gasteiger partial charge in [0, 0.05) is 13.1 Å². The largest absolute Gasteiger partial charge is 0.354 e. The van der Waals surface area contributed by atoms with Crippen LogP contribution in [-0.4, -0.2) is 29.3 Å². The number of nitrogens with zero attached hydrogens (tertiary/aromatic N) is 1. The fourth-order valence-electron chi connectivity index (χ4n) is 3.13. The predicted octanol–water partition coefficient (Wildman–Crippen LogP) is 5.26. The summed E-state index contributed by atoms with van der Waals surface area (Å²) in [6.45, 7) is 4.90. The first-order valence-corrected chi connectivity index (χ1v) is 10.8.